The predicted molar refractivity (Wildman–Crippen MR) is 210 cm³/mol. The molecule has 12 heteroatoms. The second-order valence-corrected chi connectivity index (χ2v) is 15.4. The van der Waals surface area contributed by atoms with Crippen LogP contribution in [0.2, 0.25) is 0 Å². The van der Waals surface area contributed by atoms with Crippen molar-refractivity contribution in [3.63, 3.8) is 0 Å². The van der Waals surface area contributed by atoms with Gasteiger partial charge in [-0.25, -0.2) is 4.98 Å². The summed E-state index contributed by atoms with van der Waals surface area (Å²) in [5.41, 5.74) is 7.79. The van der Waals surface area contributed by atoms with Crippen molar-refractivity contribution < 1.29 is 23.9 Å². The van der Waals surface area contributed by atoms with Gasteiger partial charge in [0, 0.05) is 36.7 Å². The first-order valence-corrected chi connectivity index (χ1v) is 20.0. The van der Waals surface area contributed by atoms with Crippen LogP contribution < -0.4 is 16.4 Å². The van der Waals surface area contributed by atoms with Crippen LogP contribution in [0.5, 0.6) is 0 Å². The van der Waals surface area contributed by atoms with Gasteiger partial charge in [0.1, 0.15) is 28.6 Å². The second kappa shape index (κ2) is 21.3. The van der Waals surface area contributed by atoms with Gasteiger partial charge in [-0.1, -0.05) is 73.1 Å². The van der Waals surface area contributed by atoms with Gasteiger partial charge in [0.25, 0.3) is 5.91 Å². The normalized spacial score (nSPS) is 17.8. The molecular weight excluding hydrogens is 677 g/mol. The summed E-state index contributed by atoms with van der Waals surface area (Å²) in [6, 6.07) is 5.96. The number of nitrogens with two attached hydrogens (primary N) is 1. The molecule has 1 fully saturated rings. The zero-order valence-electron chi connectivity index (χ0n) is 32.8. The number of ether oxygens (including phenoxy) is 2. The van der Waals surface area contributed by atoms with Gasteiger partial charge >= 0.3 is 0 Å². The largest absolute Gasteiger partial charge is 0.500 e. The number of amides is 3. The summed E-state index contributed by atoms with van der Waals surface area (Å²) in [6.07, 6.45) is 5.77. The fourth-order valence-corrected chi connectivity index (χ4v) is 7.59. The van der Waals surface area contributed by atoms with Gasteiger partial charge in [-0.2, -0.15) is 0 Å². The number of benzene rings is 1. The maximum Gasteiger partial charge on any atom is 0.271 e. The molecule has 1 aromatic heterocycles. The maximum atomic E-state index is 14.6. The molecule has 0 aliphatic carbocycles. The van der Waals surface area contributed by atoms with Crippen LogP contribution in [-0.4, -0.2) is 90.5 Å². The van der Waals surface area contributed by atoms with Gasteiger partial charge in [-0.05, 0) is 75.2 Å². The predicted octanol–water partition coefficient (Wildman–Crippen LogP) is 6.36. The van der Waals surface area contributed by atoms with E-state index >= 15 is 0 Å². The fourth-order valence-electron chi connectivity index (χ4n) is 6.73. The highest BCUT2D eigenvalue weighted by molar-refractivity contribution is 7.09. The van der Waals surface area contributed by atoms with Crippen molar-refractivity contribution >= 4 is 34.7 Å². The van der Waals surface area contributed by atoms with Crippen molar-refractivity contribution in [1.82, 2.24) is 25.4 Å². The zero-order valence-corrected chi connectivity index (χ0v) is 33.6. The third-order valence-electron chi connectivity index (χ3n) is 10.2. The van der Waals surface area contributed by atoms with Crippen LogP contribution in [-0.2, 0) is 25.5 Å². The minimum absolute atomic E-state index is 0.0391. The molecule has 0 radical (unpaired) electrons. The van der Waals surface area contributed by atoms with E-state index < -0.39 is 18.2 Å². The molecule has 1 aromatic carbocycles. The van der Waals surface area contributed by atoms with Crippen molar-refractivity contribution in [2.75, 3.05) is 39.6 Å². The Kier molecular flexibility index (Phi) is 17.6. The summed E-state index contributed by atoms with van der Waals surface area (Å²) in [5, 5.41) is 8.67. The Hall–Kier alpha value is -3.48. The summed E-state index contributed by atoms with van der Waals surface area (Å²) in [7, 11) is 3.52. The molecule has 11 nitrogen and oxygen atoms in total. The molecule has 4 N–H and O–H groups in total. The molecule has 1 saturated heterocycles. The summed E-state index contributed by atoms with van der Waals surface area (Å²) >= 11 is 1.38. The molecule has 2 heterocycles. The number of anilines is 1. The Balaban J connectivity index is 1.86. The molecule has 1 aliphatic heterocycles. The number of methoxy groups -OCH3 is 1. The lowest BCUT2D eigenvalue weighted by molar-refractivity contribution is -0.143. The van der Waals surface area contributed by atoms with Crippen molar-refractivity contribution in [2.24, 2.45) is 11.8 Å². The van der Waals surface area contributed by atoms with Crippen LogP contribution >= 0.6 is 11.3 Å². The highest BCUT2D eigenvalue weighted by atomic mass is 32.1. The summed E-state index contributed by atoms with van der Waals surface area (Å²) in [6.45, 7) is 18.4. The van der Waals surface area contributed by atoms with Gasteiger partial charge in [0.2, 0.25) is 11.8 Å². The lowest BCUT2D eigenvalue weighted by atomic mass is 9.92. The van der Waals surface area contributed by atoms with Crippen LogP contribution in [0.1, 0.15) is 114 Å². The molecule has 6 unspecified atom stereocenters. The zero-order chi connectivity index (χ0) is 38.4. The molecule has 3 amide bonds. The average Bonchev–Trinajstić information content (AvgIpc) is 3.63. The number of carbonyl (C=O) groups is 3. The van der Waals surface area contributed by atoms with Crippen LogP contribution in [0, 0.1) is 11.8 Å². The van der Waals surface area contributed by atoms with Crippen LogP contribution in [0.4, 0.5) is 5.69 Å². The molecule has 2 aromatic rings. The third-order valence-corrected chi connectivity index (χ3v) is 11.1. The number of thiazole rings is 1. The number of nitrogens with zero attached hydrogens (tertiary/aromatic N) is 3. The van der Waals surface area contributed by atoms with Crippen molar-refractivity contribution in [2.45, 2.75) is 123 Å². The summed E-state index contributed by atoms with van der Waals surface area (Å²) < 4.78 is 11.9. The monoisotopic (exact) mass is 740 g/mol. The third kappa shape index (κ3) is 12.0. The van der Waals surface area contributed by atoms with Crippen LogP contribution in [0.25, 0.3) is 0 Å². The van der Waals surface area contributed by atoms with E-state index in [4.69, 9.17) is 20.2 Å². The molecule has 6 atom stereocenters. The number of likely N-dealkylation sites (tertiary alicyclic amines) is 1. The number of nitrogens with one attached hydrogen (secondary N) is 2. The highest BCUT2D eigenvalue weighted by Crippen LogP contribution is 2.32. The van der Waals surface area contributed by atoms with Crippen LogP contribution in [0.3, 0.4) is 0 Å². The van der Waals surface area contributed by atoms with Crippen LogP contribution in [0.15, 0.2) is 42.0 Å². The number of hydrogen-bond acceptors (Lipinski definition) is 9. The van der Waals surface area contributed by atoms with Gasteiger partial charge < -0.3 is 30.7 Å². The molecule has 0 spiro atoms. The average molecular weight is 741 g/mol. The molecule has 290 valence electrons. The number of carbonyl (C=O) groups excluding carboxylic acids is 3. The molecule has 0 saturated carbocycles. The van der Waals surface area contributed by atoms with Gasteiger partial charge in [-0.15, -0.1) is 11.3 Å². The molecule has 1 aliphatic rings. The van der Waals surface area contributed by atoms with E-state index in [9.17, 15) is 14.4 Å². The minimum atomic E-state index is -0.631. The lowest BCUT2D eigenvalue weighted by Crippen LogP contribution is -2.58. The van der Waals surface area contributed by atoms with E-state index in [1.807, 2.05) is 43.1 Å². The first kappa shape index (κ1) is 42.9. The number of aromatic nitrogens is 1. The summed E-state index contributed by atoms with van der Waals surface area (Å²) in [4.78, 5) is 50.6. The first-order valence-electron chi connectivity index (χ1n) is 19.1. The minimum Gasteiger partial charge on any atom is -0.500 e. The van der Waals surface area contributed by atoms with Gasteiger partial charge in [0.15, 0.2) is 0 Å². The lowest BCUT2D eigenvalue weighted by Gasteiger charge is -2.40. The first-order chi connectivity index (χ1) is 24.8. The van der Waals surface area contributed by atoms with Crippen molar-refractivity contribution in [3.05, 3.63) is 58.2 Å². The molecule has 52 heavy (non-hydrogen) atoms. The maximum absolute atomic E-state index is 14.6. The number of likely N-dealkylation sites (N-methyl/N-ethyl adjacent to an activating group) is 1. The molecule has 0 bridgehead atoms. The number of nitrogen functional groups attached to an aromatic ring is 1. The number of piperidine rings is 1. The van der Waals surface area contributed by atoms with Gasteiger partial charge in [-0.3, -0.25) is 19.3 Å². The Morgan fingerprint density at radius 2 is 1.81 bits per heavy atom. The Bertz CT molecular complexity index is 1430. The van der Waals surface area contributed by atoms with E-state index in [1.165, 1.54) is 18.4 Å². The van der Waals surface area contributed by atoms with Crippen molar-refractivity contribution in [3.8, 4) is 0 Å². The second-order valence-electron chi connectivity index (χ2n) is 14.5. The fraction of sp³-hybridized carbons (Fsp3) is 0.650. The van der Waals surface area contributed by atoms with E-state index in [1.54, 1.807) is 5.38 Å². The van der Waals surface area contributed by atoms with E-state index in [2.05, 4.69) is 56.7 Å². The number of rotatable bonds is 21. The Labute approximate surface area is 316 Å². The molecule has 3 rings (SSSR count). The smallest absolute Gasteiger partial charge is 0.271 e. The molecular formula is C40H64N6O5S. The SMILES string of the molecule is C=C(OC)C(Cc1ccc(N)cc1)NC(=O)c1csc(C(CC(C(C)C)N(CCC)C(=O)C(NC(=O)C2CCCCN2C)C(C)CC)OCCC)n1. The van der Waals surface area contributed by atoms with E-state index in [0.717, 1.165) is 50.6 Å². The van der Waals surface area contributed by atoms with E-state index in [0.29, 0.717) is 42.4 Å². The van der Waals surface area contributed by atoms with Gasteiger partial charge in [0.05, 0.1) is 19.2 Å². The topological polar surface area (TPSA) is 139 Å². The quantitative estimate of drug-likeness (QED) is 0.0993. The Morgan fingerprint density at radius 1 is 1.10 bits per heavy atom. The summed E-state index contributed by atoms with van der Waals surface area (Å²) in [5.74, 6) is 0.0272. The van der Waals surface area contributed by atoms with Crippen molar-refractivity contribution in [1.29, 1.82) is 0 Å². The van der Waals surface area contributed by atoms with E-state index in [-0.39, 0.29) is 47.3 Å². The number of hydrogen-bond donors (Lipinski definition) is 3. The standard InChI is InChI=1S/C40H64N6O5S/c1-10-20-46(40(49)36(27(6)12-3)44-38(48)33-15-13-14-21-45(33)8)34(26(4)5)24-35(51-22-11-2)39-43-32(25-52-39)37(47)42-31(28(7)50-9)23-29-16-18-30(41)19-17-29/h16-19,25-27,31,33-36H,7,10-15,20-24,41H2,1-6,8-9H3,(H,42,47)(H,44,48). The highest BCUT2D eigenvalue weighted by Gasteiger charge is 2.38. The Morgan fingerprint density at radius 3 is 2.40 bits per heavy atom.